The topological polar surface area (TPSA) is 69.1 Å². The molecule has 1 aliphatic carbocycles. The average Bonchev–Trinajstić information content (AvgIpc) is 2.87. The van der Waals surface area contributed by atoms with E-state index in [9.17, 15) is 0 Å². The molecule has 0 aliphatic heterocycles. The molecule has 84 valence electrons. The van der Waals surface area contributed by atoms with Gasteiger partial charge in [0.1, 0.15) is 0 Å². The number of hydrogen-bond acceptors (Lipinski definition) is 4. The van der Waals surface area contributed by atoms with Gasteiger partial charge in [0.25, 0.3) is 0 Å². The van der Waals surface area contributed by atoms with Crippen LogP contribution in [0, 0.1) is 0 Å². The lowest BCUT2D eigenvalue weighted by atomic mass is 9.94. The van der Waals surface area contributed by atoms with E-state index in [1.807, 2.05) is 12.1 Å². The standard InChI is InChI=1S/C11H15N5/c12-11(5-1-2-6-11)8-10-15-14-9-4-3-7-13-16(9)10/h3-4,7H,1-2,5-6,8,12H2. The Hall–Kier alpha value is -1.49. The van der Waals surface area contributed by atoms with Crippen LogP contribution in [-0.4, -0.2) is 25.4 Å². The number of hydrogen-bond donors (Lipinski definition) is 1. The highest BCUT2D eigenvalue weighted by atomic mass is 15.4. The summed E-state index contributed by atoms with van der Waals surface area (Å²) in [6.07, 6.45) is 7.12. The summed E-state index contributed by atoms with van der Waals surface area (Å²) in [7, 11) is 0. The summed E-state index contributed by atoms with van der Waals surface area (Å²) in [5.74, 6) is 0.875. The van der Waals surface area contributed by atoms with E-state index in [-0.39, 0.29) is 5.54 Å². The minimum absolute atomic E-state index is 0.0967. The molecule has 16 heavy (non-hydrogen) atoms. The van der Waals surface area contributed by atoms with E-state index in [4.69, 9.17) is 5.73 Å². The predicted octanol–water partition coefficient (Wildman–Crippen LogP) is 0.938. The van der Waals surface area contributed by atoms with Crippen molar-refractivity contribution in [1.82, 2.24) is 19.8 Å². The zero-order valence-corrected chi connectivity index (χ0v) is 9.13. The Bertz CT molecular complexity index is 498. The Kier molecular flexibility index (Phi) is 2.14. The highest BCUT2D eigenvalue weighted by molar-refractivity contribution is 5.34. The zero-order valence-electron chi connectivity index (χ0n) is 9.13. The third kappa shape index (κ3) is 1.57. The predicted molar refractivity (Wildman–Crippen MR) is 59.9 cm³/mol. The van der Waals surface area contributed by atoms with Crippen LogP contribution < -0.4 is 5.73 Å². The first-order valence-corrected chi connectivity index (χ1v) is 5.71. The van der Waals surface area contributed by atoms with Crippen LogP contribution in [0.1, 0.15) is 31.5 Å². The highest BCUT2D eigenvalue weighted by Crippen LogP contribution is 2.29. The maximum absolute atomic E-state index is 6.33. The molecule has 1 fully saturated rings. The molecule has 0 saturated heterocycles. The number of nitrogens with two attached hydrogens (primary N) is 1. The van der Waals surface area contributed by atoms with Gasteiger partial charge in [-0.2, -0.15) is 9.61 Å². The lowest BCUT2D eigenvalue weighted by Gasteiger charge is -2.21. The second-order valence-electron chi connectivity index (χ2n) is 4.66. The van der Waals surface area contributed by atoms with E-state index in [0.717, 1.165) is 30.7 Å². The second-order valence-corrected chi connectivity index (χ2v) is 4.66. The third-order valence-corrected chi connectivity index (χ3v) is 3.35. The smallest absolute Gasteiger partial charge is 0.177 e. The largest absolute Gasteiger partial charge is 0.325 e. The van der Waals surface area contributed by atoms with Crippen molar-refractivity contribution >= 4 is 5.65 Å². The number of nitrogens with zero attached hydrogens (tertiary/aromatic N) is 4. The van der Waals surface area contributed by atoms with Gasteiger partial charge in [-0.05, 0) is 25.0 Å². The quantitative estimate of drug-likeness (QED) is 0.812. The van der Waals surface area contributed by atoms with E-state index in [1.54, 1.807) is 10.7 Å². The van der Waals surface area contributed by atoms with Crippen molar-refractivity contribution in [2.45, 2.75) is 37.6 Å². The van der Waals surface area contributed by atoms with Crippen molar-refractivity contribution in [2.75, 3.05) is 0 Å². The summed E-state index contributed by atoms with van der Waals surface area (Å²) in [6, 6.07) is 3.77. The summed E-state index contributed by atoms with van der Waals surface area (Å²) in [6.45, 7) is 0. The molecule has 0 bridgehead atoms. The Morgan fingerprint density at radius 2 is 2.12 bits per heavy atom. The van der Waals surface area contributed by atoms with Crippen molar-refractivity contribution < 1.29 is 0 Å². The van der Waals surface area contributed by atoms with Crippen molar-refractivity contribution in [3.63, 3.8) is 0 Å². The molecule has 0 atom stereocenters. The van der Waals surface area contributed by atoms with Crippen LogP contribution in [0.3, 0.4) is 0 Å². The molecule has 1 aliphatic rings. The maximum Gasteiger partial charge on any atom is 0.177 e. The summed E-state index contributed by atoms with van der Waals surface area (Å²) in [5.41, 5.74) is 7.03. The van der Waals surface area contributed by atoms with E-state index in [0.29, 0.717) is 0 Å². The SMILES string of the molecule is NC1(Cc2nnc3cccnn23)CCCC1. The van der Waals surface area contributed by atoms with Crippen LogP contribution in [0.2, 0.25) is 0 Å². The van der Waals surface area contributed by atoms with Crippen molar-refractivity contribution in [3.8, 4) is 0 Å². The van der Waals surface area contributed by atoms with Crippen molar-refractivity contribution in [1.29, 1.82) is 0 Å². The first-order valence-electron chi connectivity index (χ1n) is 5.71. The van der Waals surface area contributed by atoms with Gasteiger partial charge in [0.05, 0.1) is 0 Å². The van der Waals surface area contributed by atoms with Gasteiger partial charge in [0, 0.05) is 18.2 Å². The molecule has 0 unspecified atom stereocenters. The molecule has 2 aromatic heterocycles. The van der Waals surface area contributed by atoms with E-state index in [2.05, 4.69) is 15.3 Å². The van der Waals surface area contributed by atoms with Gasteiger partial charge in [0.15, 0.2) is 11.5 Å². The molecule has 0 amide bonds. The van der Waals surface area contributed by atoms with Crippen LogP contribution in [0.4, 0.5) is 0 Å². The van der Waals surface area contributed by atoms with E-state index < -0.39 is 0 Å². The molecular formula is C11H15N5. The van der Waals surface area contributed by atoms with Gasteiger partial charge in [0.2, 0.25) is 0 Å². The molecule has 0 aromatic carbocycles. The van der Waals surface area contributed by atoms with E-state index in [1.165, 1.54) is 12.8 Å². The fraction of sp³-hybridized carbons (Fsp3) is 0.545. The molecule has 2 heterocycles. The lowest BCUT2D eigenvalue weighted by molar-refractivity contribution is 0.422. The molecule has 3 rings (SSSR count). The highest BCUT2D eigenvalue weighted by Gasteiger charge is 2.31. The Labute approximate surface area is 93.7 Å². The molecule has 0 radical (unpaired) electrons. The minimum atomic E-state index is -0.0967. The van der Waals surface area contributed by atoms with Gasteiger partial charge >= 0.3 is 0 Å². The second kappa shape index (κ2) is 3.52. The monoisotopic (exact) mass is 217 g/mol. The van der Waals surface area contributed by atoms with Gasteiger partial charge in [-0.3, -0.25) is 0 Å². The lowest BCUT2D eigenvalue weighted by Crippen LogP contribution is -2.39. The Balaban J connectivity index is 1.94. The Morgan fingerprint density at radius 1 is 1.31 bits per heavy atom. The number of aromatic nitrogens is 4. The summed E-state index contributed by atoms with van der Waals surface area (Å²) in [5, 5.41) is 12.5. The van der Waals surface area contributed by atoms with Crippen molar-refractivity contribution in [2.24, 2.45) is 5.73 Å². The molecular weight excluding hydrogens is 202 g/mol. The van der Waals surface area contributed by atoms with Crippen LogP contribution in [0.5, 0.6) is 0 Å². The fourth-order valence-corrected chi connectivity index (χ4v) is 2.47. The van der Waals surface area contributed by atoms with Crippen LogP contribution in [-0.2, 0) is 6.42 Å². The number of rotatable bonds is 2. The third-order valence-electron chi connectivity index (χ3n) is 3.35. The van der Waals surface area contributed by atoms with Crippen molar-refractivity contribution in [3.05, 3.63) is 24.2 Å². The first-order chi connectivity index (χ1) is 7.77. The average molecular weight is 217 g/mol. The normalized spacial score (nSPS) is 19.3. The van der Waals surface area contributed by atoms with Gasteiger partial charge in [-0.15, -0.1) is 10.2 Å². The minimum Gasteiger partial charge on any atom is -0.325 e. The zero-order chi connectivity index (χ0) is 11.0. The fourth-order valence-electron chi connectivity index (χ4n) is 2.47. The van der Waals surface area contributed by atoms with Gasteiger partial charge in [-0.25, -0.2) is 0 Å². The first kappa shape index (κ1) is 9.72. The molecule has 5 nitrogen and oxygen atoms in total. The van der Waals surface area contributed by atoms with Crippen LogP contribution in [0.15, 0.2) is 18.3 Å². The molecule has 5 heteroatoms. The molecule has 2 N–H and O–H groups in total. The summed E-state index contributed by atoms with van der Waals surface area (Å²) < 4.78 is 1.78. The van der Waals surface area contributed by atoms with E-state index >= 15 is 0 Å². The summed E-state index contributed by atoms with van der Waals surface area (Å²) >= 11 is 0. The summed E-state index contributed by atoms with van der Waals surface area (Å²) in [4.78, 5) is 0. The van der Waals surface area contributed by atoms with Crippen LogP contribution >= 0.6 is 0 Å². The molecule has 0 spiro atoms. The van der Waals surface area contributed by atoms with Gasteiger partial charge < -0.3 is 5.73 Å². The van der Waals surface area contributed by atoms with Gasteiger partial charge in [-0.1, -0.05) is 12.8 Å². The Morgan fingerprint density at radius 3 is 2.94 bits per heavy atom. The molecule has 2 aromatic rings. The number of fused-ring (bicyclic) bond motifs is 1. The van der Waals surface area contributed by atoms with Crippen LogP contribution in [0.25, 0.3) is 5.65 Å². The maximum atomic E-state index is 6.33. The molecule has 1 saturated carbocycles.